The van der Waals surface area contributed by atoms with E-state index in [2.05, 4.69) is 26.2 Å². The van der Waals surface area contributed by atoms with Crippen LogP contribution in [-0.4, -0.2) is 26.3 Å². The van der Waals surface area contributed by atoms with Crippen molar-refractivity contribution >= 4 is 27.7 Å². The number of aryl methyl sites for hydroxylation is 1. The molecule has 0 aliphatic carbocycles. The third kappa shape index (κ3) is 4.32. The SMILES string of the molecule is FC(F)(F)SCCn1cc(CBr)nn1. The van der Waals surface area contributed by atoms with Crippen LogP contribution >= 0.6 is 27.7 Å². The van der Waals surface area contributed by atoms with Crippen molar-refractivity contribution in [3.8, 4) is 0 Å². The third-order valence-electron chi connectivity index (χ3n) is 1.31. The fraction of sp³-hybridized carbons (Fsp3) is 0.667. The Hall–Kier alpha value is -0.240. The van der Waals surface area contributed by atoms with E-state index < -0.39 is 5.51 Å². The highest BCUT2D eigenvalue weighted by Gasteiger charge is 2.27. The molecule has 0 saturated heterocycles. The van der Waals surface area contributed by atoms with Crippen LogP contribution in [0.25, 0.3) is 0 Å². The highest BCUT2D eigenvalue weighted by molar-refractivity contribution is 9.08. The predicted molar refractivity (Wildman–Crippen MR) is 51.2 cm³/mol. The summed E-state index contributed by atoms with van der Waals surface area (Å²) in [5, 5.41) is 7.94. The van der Waals surface area contributed by atoms with Gasteiger partial charge in [0.1, 0.15) is 0 Å². The number of hydrogen-bond acceptors (Lipinski definition) is 3. The summed E-state index contributed by atoms with van der Waals surface area (Å²) in [7, 11) is 0. The molecule has 80 valence electrons. The molecule has 0 unspecified atom stereocenters. The Balaban J connectivity index is 2.31. The molecular weight excluding hydrogens is 283 g/mol. The number of aromatic nitrogens is 3. The molecule has 8 heteroatoms. The second-order valence-electron chi connectivity index (χ2n) is 2.40. The van der Waals surface area contributed by atoms with E-state index in [-0.39, 0.29) is 24.1 Å². The first-order chi connectivity index (χ1) is 6.51. The first-order valence-electron chi connectivity index (χ1n) is 3.67. The summed E-state index contributed by atoms with van der Waals surface area (Å²) in [6.07, 6.45) is 1.62. The number of hydrogen-bond donors (Lipinski definition) is 0. The van der Waals surface area contributed by atoms with Gasteiger partial charge in [-0.15, -0.1) is 5.10 Å². The standard InChI is InChI=1S/C6H7BrF3N3S/c7-3-5-4-13(12-11-5)1-2-14-6(8,9)10/h4H,1-3H2. The predicted octanol–water partition coefficient (Wildman–Crippen LogP) is 2.43. The summed E-state index contributed by atoms with van der Waals surface area (Å²) in [6.45, 7) is 0.212. The molecule has 1 heterocycles. The van der Waals surface area contributed by atoms with Crippen molar-refractivity contribution in [3.63, 3.8) is 0 Å². The van der Waals surface area contributed by atoms with Gasteiger partial charge in [-0.3, -0.25) is 4.68 Å². The van der Waals surface area contributed by atoms with Gasteiger partial charge < -0.3 is 0 Å². The zero-order valence-electron chi connectivity index (χ0n) is 6.96. The zero-order chi connectivity index (χ0) is 10.6. The fourth-order valence-electron chi connectivity index (χ4n) is 0.764. The number of thioether (sulfide) groups is 1. The van der Waals surface area contributed by atoms with Crippen LogP contribution in [0.3, 0.4) is 0 Å². The molecule has 0 bridgehead atoms. The highest BCUT2D eigenvalue weighted by atomic mass is 79.9. The number of nitrogens with zero attached hydrogens (tertiary/aromatic N) is 3. The lowest BCUT2D eigenvalue weighted by Crippen LogP contribution is -2.07. The van der Waals surface area contributed by atoms with Gasteiger partial charge in [-0.1, -0.05) is 21.1 Å². The minimum atomic E-state index is -4.17. The van der Waals surface area contributed by atoms with Gasteiger partial charge in [0.15, 0.2) is 0 Å². The Morgan fingerprint density at radius 2 is 2.21 bits per heavy atom. The summed E-state index contributed by atoms with van der Waals surface area (Å²) < 4.78 is 36.6. The van der Waals surface area contributed by atoms with Crippen molar-refractivity contribution in [2.24, 2.45) is 0 Å². The lowest BCUT2D eigenvalue weighted by Gasteiger charge is -2.04. The van der Waals surface area contributed by atoms with E-state index in [0.717, 1.165) is 0 Å². The summed E-state index contributed by atoms with van der Waals surface area (Å²) in [6, 6.07) is 0. The first kappa shape index (κ1) is 11.8. The normalized spacial score (nSPS) is 12.0. The molecule has 0 atom stereocenters. The largest absolute Gasteiger partial charge is 0.441 e. The Morgan fingerprint density at radius 3 is 2.71 bits per heavy atom. The Kier molecular flexibility index (Phi) is 4.24. The quantitative estimate of drug-likeness (QED) is 0.798. The minimum absolute atomic E-state index is 0.0470. The van der Waals surface area contributed by atoms with Gasteiger partial charge in [0.05, 0.1) is 12.2 Å². The van der Waals surface area contributed by atoms with Crippen LogP contribution in [0.2, 0.25) is 0 Å². The van der Waals surface area contributed by atoms with Crippen LogP contribution < -0.4 is 0 Å². The van der Waals surface area contributed by atoms with Crippen molar-refractivity contribution in [1.29, 1.82) is 0 Å². The van der Waals surface area contributed by atoms with Gasteiger partial charge in [0, 0.05) is 17.3 Å². The number of alkyl halides is 4. The van der Waals surface area contributed by atoms with Crippen LogP contribution in [0.15, 0.2) is 6.20 Å². The van der Waals surface area contributed by atoms with Crippen LogP contribution in [-0.2, 0) is 11.9 Å². The maximum atomic E-state index is 11.7. The highest BCUT2D eigenvalue weighted by Crippen LogP contribution is 2.29. The molecule has 0 saturated carbocycles. The van der Waals surface area contributed by atoms with Gasteiger partial charge in [-0.25, -0.2) is 0 Å². The fourth-order valence-corrected chi connectivity index (χ4v) is 1.53. The Bertz CT molecular complexity index is 288. The smallest absolute Gasteiger partial charge is 0.251 e. The van der Waals surface area contributed by atoms with Crippen LogP contribution in [0.5, 0.6) is 0 Å². The molecule has 1 aromatic heterocycles. The number of rotatable bonds is 4. The average molecular weight is 290 g/mol. The molecule has 14 heavy (non-hydrogen) atoms. The molecule has 0 amide bonds. The minimum Gasteiger partial charge on any atom is -0.251 e. The van der Waals surface area contributed by atoms with Crippen LogP contribution in [0.1, 0.15) is 5.69 Å². The first-order valence-corrected chi connectivity index (χ1v) is 5.77. The molecule has 0 aliphatic rings. The molecule has 0 spiro atoms. The molecule has 3 nitrogen and oxygen atoms in total. The van der Waals surface area contributed by atoms with Crippen molar-refractivity contribution in [1.82, 2.24) is 15.0 Å². The van der Waals surface area contributed by atoms with Gasteiger partial charge >= 0.3 is 5.51 Å². The van der Waals surface area contributed by atoms with Crippen molar-refractivity contribution in [2.45, 2.75) is 17.4 Å². The lowest BCUT2D eigenvalue weighted by molar-refractivity contribution is -0.0328. The molecule has 0 fully saturated rings. The molecule has 0 aromatic carbocycles. The van der Waals surface area contributed by atoms with E-state index in [1.54, 1.807) is 6.20 Å². The van der Waals surface area contributed by atoms with E-state index >= 15 is 0 Å². The zero-order valence-corrected chi connectivity index (χ0v) is 9.36. The third-order valence-corrected chi connectivity index (χ3v) is 2.60. The van der Waals surface area contributed by atoms with Crippen LogP contribution in [0, 0.1) is 0 Å². The molecule has 1 rings (SSSR count). The van der Waals surface area contributed by atoms with E-state index in [0.29, 0.717) is 11.0 Å². The van der Waals surface area contributed by atoms with E-state index in [1.165, 1.54) is 4.68 Å². The monoisotopic (exact) mass is 289 g/mol. The summed E-state index contributed by atoms with van der Waals surface area (Å²) >= 11 is 3.11. The van der Waals surface area contributed by atoms with Gasteiger partial charge in [0.2, 0.25) is 0 Å². The van der Waals surface area contributed by atoms with E-state index in [9.17, 15) is 13.2 Å². The molecular formula is C6H7BrF3N3S. The summed E-state index contributed by atoms with van der Waals surface area (Å²) in [5.74, 6) is -0.0470. The maximum absolute atomic E-state index is 11.7. The molecule has 0 radical (unpaired) electrons. The van der Waals surface area contributed by atoms with Gasteiger partial charge in [0.25, 0.3) is 0 Å². The second kappa shape index (κ2) is 5.01. The topological polar surface area (TPSA) is 30.7 Å². The van der Waals surface area contributed by atoms with Crippen molar-refractivity contribution in [2.75, 3.05) is 5.75 Å². The molecule has 0 aliphatic heterocycles. The Morgan fingerprint density at radius 1 is 1.50 bits per heavy atom. The second-order valence-corrected chi connectivity index (χ2v) is 4.12. The number of halogens is 4. The average Bonchev–Trinajstić information content (AvgIpc) is 2.50. The van der Waals surface area contributed by atoms with Crippen molar-refractivity contribution in [3.05, 3.63) is 11.9 Å². The van der Waals surface area contributed by atoms with Gasteiger partial charge in [-0.05, 0) is 11.8 Å². The van der Waals surface area contributed by atoms with Crippen molar-refractivity contribution < 1.29 is 13.2 Å². The summed E-state index contributed by atoms with van der Waals surface area (Å²) in [5.41, 5.74) is -3.46. The molecule has 1 aromatic rings. The van der Waals surface area contributed by atoms with E-state index in [4.69, 9.17) is 0 Å². The Labute approximate surface area is 91.2 Å². The maximum Gasteiger partial charge on any atom is 0.441 e. The molecule has 0 N–H and O–H groups in total. The van der Waals surface area contributed by atoms with Crippen LogP contribution in [0.4, 0.5) is 13.2 Å². The summed E-state index contributed by atoms with van der Waals surface area (Å²) in [4.78, 5) is 0. The van der Waals surface area contributed by atoms with Gasteiger partial charge in [-0.2, -0.15) is 13.2 Å². The van der Waals surface area contributed by atoms with E-state index in [1.807, 2.05) is 0 Å². The lowest BCUT2D eigenvalue weighted by atomic mass is 10.5.